The van der Waals surface area contributed by atoms with Crippen molar-refractivity contribution in [2.45, 2.75) is 40.2 Å². The molecular weight excluding hydrogens is 379 g/mol. The Morgan fingerprint density at radius 2 is 1.85 bits per heavy atom. The van der Waals surface area contributed by atoms with Gasteiger partial charge in [-0.1, -0.05) is 47.0 Å². The molecule has 0 radical (unpaired) electrons. The molecule has 1 amide bonds. The summed E-state index contributed by atoms with van der Waals surface area (Å²) in [6.07, 6.45) is 1.93. The van der Waals surface area contributed by atoms with Gasteiger partial charge in [-0.05, 0) is 69.0 Å². The molecule has 0 bridgehead atoms. The number of nitrogens with zero attached hydrogens (tertiary/aromatic N) is 1. The van der Waals surface area contributed by atoms with Crippen LogP contribution >= 0.6 is 23.2 Å². The molecule has 1 N–H and O–H groups in total. The van der Waals surface area contributed by atoms with Crippen molar-refractivity contribution in [1.29, 1.82) is 0 Å². The molecule has 1 aliphatic rings. The van der Waals surface area contributed by atoms with Crippen LogP contribution in [0.15, 0.2) is 30.3 Å². The lowest BCUT2D eigenvalue weighted by Gasteiger charge is -2.32. The monoisotopic (exact) mass is 404 g/mol. The Labute approximate surface area is 171 Å². The van der Waals surface area contributed by atoms with Crippen molar-refractivity contribution in [2.24, 2.45) is 5.92 Å². The lowest BCUT2D eigenvalue weighted by molar-refractivity contribution is -0.121. The lowest BCUT2D eigenvalue weighted by atomic mass is 9.96. The number of hydrogen-bond donors (Lipinski definition) is 1. The average molecular weight is 405 g/mol. The number of aryl methyl sites for hydroxylation is 3. The van der Waals surface area contributed by atoms with Gasteiger partial charge in [0, 0.05) is 28.8 Å². The zero-order valence-electron chi connectivity index (χ0n) is 16.1. The van der Waals surface area contributed by atoms with Crippen molar-refractivity contribution in [3.8, 4) is 0 Å². The number of hydrogen-bond acceptors (Lipinski definition) is 2. The molecule has 1 fully saturated rings. The standard InChI is InChI=1S/C22H26Cl2N2O/c1-14-9-15(2)21(16(3)10-14)25-22(27)18-5-4-8-26(13-18)12-17-6-7-19(23)11-20(17)24/h6-7,9-11,18H,4-5,8,12-13H2,1-3H3,(H,25,27)/t18-/m0/s1. The molecule has 0 spiro atoms. The second-order valence-corrected chi connectivity index (χ2v) is 8.42. The van der Waals surface area contributed by atoms with E-state index in [0.29, 0.717) is 10.0 Å². The van der Waals surface area contributed by atoms with Crippen molar-refractivity contribution in [2.75, 3.05) is 18.4 Å². The summed E-state index contributed by atoms with van der Waals surface area (Å²) in [7, 11) is 0. The number of piperidine rings is 1. The second-order valence-electron chi connectivity index (χ2n) is 7.57. The summed E-state index contributed by atoms with van der Waals surface area (Å²) < 4.78 is 0. The number of amides is 1. The number of likely N-dealkylation sites (tertiary alicyclic amines) is 1. The van der Waals surface area contributed by atoms with Crippen molar-refractivity contribution in [3.63, 3.8) is 0 Å². The maximum absolute atomic E-state index is 12.9. The first kappa shape index (κ1) is 20.2. The molecule has 2 aromatic carbocycles. The molecule has 5 heteroatoms. The molecule has 0 saturated carbocycles. The van der Waals surface area contributed by atoms with Crippen molar-refractivity contribution in [3.05, 3.63) is 62.6 Å². The van der Waals surface area contributed by atoms with E-state index >= 15 is 0 Å². The van der Waals surface area contributed by atoms with E-state index in [-0.39, 0.29) is 11.8 Å². The lowest BCUT2D eigenvalue weighted by Crippen LogP contribution is -2.40. The molecule has 0 aliphatic carbocycles. The third kappa shape index (κ3) is 5.04. The van der Waals surface area contributed by atoms with Crippen LogP contribution in [0.5, 0.6) is 0 Å². The molecule has 27 heavy (non-hydrogen) atoms. The van der Waals surface area contributed by atoms with E-state index in [9.17, 15) is 4.79 Å². The van der Waals surface area contributed by atoms with Crippen LogP contribution in [0, 0.1) is 26.7 Å². The number of carbonyl (C=O) groups excluding carboxylic acids is 1. The van der Waals surface area contributed by atoms with E-state index in [4.69, 9.17) is 23.2 Å². The first-order chi connectivity index (χ1) is 12.8. The Bertz CT molecular complexity index is 827. The van der Waals surface area contributed by atoms with Crippen molar-refractivity contribution in [1.82, 2.24) is 4.90 Å². The van der Waals surface area contributed by atoms with E-state index < -0.39 is 0 Å². The van der Waals surface area contributed by atoms with Gasteiger partial charge in [0.05, 0.1) is 5.92 Å². The number of nitrogens with one attached hydrogen (secondary N) is 1. The predicted molar refractivity (Wildman–Crippen MR) is 114 cm³/mol. The fourth-order valence-electron chi connectivity index (χ4n) is 3.91. The highest BCUT2D eigenvalue weighted by Crippen LogP contribution is 2.27. The van der Waals surface area contributed by atoms with Gasteiger partial charge in [-0.3, -0.25) is 9.69 Å². The first-order valence-electron chi connectivity index (χ1n) is 9.38. The molecule has 1 saturated heterocycles. The zero-order chi connectivity index (χ0) is 19.6. The van der Waals surface area contributed by atoms with Crippen LogP contribution in [0.25, 0.3) is 0 Å². The number of carbonyl (C=O) groups is 1. The van der Waals surface area contributed by atoms with Gasteiger partial charge < -0.3 is 5.32 Å². The Hall–Kier alpha value is -1.55. The van der Waals surface area contributed by atoms with Crippen molar-refractivity contribution < 1.29 is 4.79 Å². The highest BCUT2D eigenvalue weighted by molar-refractivity contribution is 6.35. The largest absolute Gasteiger partial charge is 0.325 e. The van der Waals surface area contributed by atoms with E-state index in [1.165, 1.54) is 5.56 Å². The third-order valence-electron chi connectivity index (χ3n) is 5.21. The van der Waals surface area contributed by atoms with E-state index in [1.807, 2.05) is 26.0 Å². The molecule has 0 aromatic heterocycles. The van der Waals surface area contributed by atoms with Crippen LogP contribution in [0.3, 0.4) is 0 Å². The minimum absolute atomic E-state index is 0.00933. The maximum Gasteiger partial charge on any atom is 0.228 e. The van der Waals surface area contributed by atoms with Gasteiger partial charge >= 0.3 is 0 Å². The normalized spacial score (nSPS) is 17.7. The van der Waals surface area contributed by atoms with Crippen LogP contribution in [0.4, 0.5) is 5.69 Å². The molecule has 2 aromatic rings. The molecule has 1 aliphatic heterocycles. The summed E-state index contributed by atoms with van der Waals surface area (Å²) in [6.45, 7) is 8.63. The molecule has 0 unspecified atom stereocenters. The van der Waals surface area contributed by atoms with Crippen LogP contribution in [-0.2, 0) is 11.3 Å². The van der Waals surface area contributed by atoms with Crippen LogP contribution in [0.1, 0.15) is 35.1 Å². The van der Waals surface area contributed by atoms with Crippen LogP contribution < -0.4 is 5.32 Å². The molecule has 1 atom stereocenters. The Morgan fingerprint density at radius 3 is 2.52 bits per heavy atom. The summed E-state index contributed by atoms with van der Waals surface area (Å²) >= 11 is 12.3. The molecule has 3 nitrogen and oxygen atoms in total. The molecule has 144 valence electrons. The van der Waals surface area contributed by atoms with Crippen LogP contribution in [0.2, 0.25) is 10.0 Å². The summed E-state index contributed by atoms with van der Waals surface area (Å²) in [5.74, 6) is 0.0990. The van der Waals surface area contributed by atoms with E-state index in [0.717, 1.165) is 54.9 Å². The maximum atomic E-state index is 12.9. The van der Waals surface area contributed by atoms with Crippen LogP contribution in [-0.4, -0.2) is 23.9 Å². The number of benzene rings is 2. The minimum Gasteiger partial charge on any atom is -0.325 e. The number of anilines is 1. The highest BCUT2D eigenvalue weighted by atomic mass is 35.5. The van der Waals surface area contributed by atoms with Gasteiger partial charge in [0.25, 0.3) is 0 Å². The summed E-state index contributed by atoms with van der Waals surface area (Å²) in [5.41, 5.74) is 5.44. The quantitative estimate of drug-likeness (QED) is 0.701. The van der Waals surface area contributed by atoms with Gasteiger partial charge in [0.15, 0.2) is 0 Å². The molecule has 3 rings (SSSR count). The first-order valence-corrected chi connectivity index (χ1v) is 10.1. The summed E-state index contributed by atoms with van der Waals surface area (Å²) in [4.78, 5) is 15.2. The SMILES string of the molecule is Cc1cc(C)c(NC(=O)[C@H]2CCCN(Cc3ccc(Cl)cc3Cl)C2)c(C)c1. The Balaban J connectivity index is 1.66. The van der Waals surface area contributed by atoms with Gasteiger partial charge in [0.2, 0.25) is 5.91 Å². The Kier molecular flexibility index (Phi) is 6.46. The third-order valence-corrected chi connectivity index (χ3v) is 5.80. The average Bonchev–Trinajstić information content (AvgIpc) is 2.60. The predicted octanol–water partition coefficient (Wildman–Crippen LogP) is 5.77. The van der Waals surface area contributed by atoms with Gasteiger partial charge in [-0.15, -0.1) is 0 Å². The fourth-order valence-corrected chi connectivity index (χ4v) is 4.37. The molecular formula is C22H26Cl2N2O. The summed E-state index contributed by atoms with van der Waals surface area (Å²) in [5, 5.41) is 4.49. The number of rotatable bonds is 4. The zero-order valence-corrected chi connectivity index (χ0v) is 17.6. The van der Waals surface area contributed by atoms with E-state index in [2.05, 4.69) is 29.3 Å². The second kappa shape index (κ2) is 8.64. The summed E-state index contributed by atoms with van der Waals surface area (Å²) in [6, 6.07) is 9.82. The van der Waals surface area contributed by atoms with E-state index in [1.54, 1.807) is 6.07 Å². The fraction of sp³-hybridized carbons (Fsp3) is 0.409. The topological polar surface area (TPSA) is 32.3 Å². The molecule has 1 heterocycles. The van der Waals surface area contributed by atoms with Gasteiger partial charge in [-0.25, -0.2) is 0 Å². The van der Waals surface area contributed by atoms with Crippen molar-refractivity contribution >= 4 is 34.8 Å². The highest BCUT2D eigenvalue weighted by Gasteiger charge is 2.26. The number of halogens is 2. The van der Waals surface area contributed by atoms with Gasteiger partial charge in [0.1, 0.15) is 0 Å². The minimum atomic E-state index is -0.00933. The van der Waals surface area contributed by atoms with Gasteiger partial charge in [-0.2, -0.15) is 0 Å². The smallest absolute Gasteiger partial charge is 0.228 e. The Morgan fingerprint density at radius 1 is 1.15 bits per heavy atom.